The molecule has 208 valence electrons. The van der Waals surface area contributed by atoms with Gasteiger partial charge in [0.25, 0.3) is 0 Å². The fraction of sp³-hybridized carbons (Fsp3) is 0.581. The molecule has 4 rings (SSSR count). The van der Waals surface area contributed by atoms with E-state index in [1.165, 1.54) is 11.1 Å². The summed E-state index contributed by atoms with van der Waals surface area (Å²) < 4.78 is 11.6. The molecule has 7 nitrogen and oxygen atoms in total. The van der Waals surface area contributed by atoms with E-state index in [-0.39, 0.29) is 11.8 Å². The Bertz CT molecular complexity index is 1040. The quantitative estimate of drug-likeness (QED) is 0.402. The third-order valence-electron chi connectivity index (χ3n) is 7.69. The molecule has 38 heavy (non-hydrogen) atoms. The number of aryl methyl sites for hydroxylation is 1. The Labute approximate surface area is 227 Å². The zero-order chi connectivity index (χ0) is 26.9. The van der Waals surface area contributed by atoms with Crippen LogP contribution in [0, 0.1) is 18.8 Å². The van der Waals surface area contributed by atoms with Gasteiger partial charge in [0, 0.05) is 43.8 Å². The predicted molar refractivity (Wildman–Crippen MR) is 151 cm³/mol. The minimum atomic E-state index is -0.465. The molecular weight excluding hydrogens is 478 g/mol. The highest BCUT2D eigenvalue weighted by atomic mass is 16.5. The van der Waals surface area contributed by atoms with E-state index < -0.39 is 6.10 Å². The van der Waals surface area contributed by atoms with Crippen LogP contribution in [0.2, 0.25) is 0 Å². The van der Waals surface area contributed by atoms with E-state index in [1.807, 2.05) is 24.3 Å². The standard InChI is InChI=1S/C31H45N3O4/c1-22-15-29(12-11-28(22)18-34-14-13-32-23(2)17-34)33-31(36)27-9-7-25(8-10-27)21-38-30-6-4-5-26(16-30)20-37-19-24(3)35/h4-6,11-12,15-16,23-25,27,32,35H,7-10,13-14,17-21H2,1-3H3,(H,33,36). The van der Waals surface area contributed by atoms with Crippen molar-refractivity contribution < 1.29 is 19.4 Å². The molecule has 2 unspecified atom stereocenters. The number of aliphatic hydroxyl groups is 1. The summed E-state index contributed by atoms with van der Waals surface area (Å²) in [6.45, 7) is 11.7. The molecule has 0 bridgehead atoms. The summed E-state index contributed by atoms with van der Waals surface area (Å²) in [6.07, 6.45) is 3.32. The van der Waals surface area contributed by atoms with Crippen molar-refractivity contribution in [2.45, 2.75) is 71.8 Å². The Kier molecular flexibility index (Phi) is 10.6. The van der Waals surface area contributed by atoms with Crippen molar-refractivity contribution in [3.05, 3.63) is 59.2 Å². The second-order valence-electron chi connectivity index (χ2n) is 11.3. The first-order chi connectivity index (χ1) is 18.4. The Morgan fingerprint density at radius 1 is 1.18 bits per heavy atom. The normalized spacial score (nSPS) is 23.1. The number of carbonyl (C=O) groups is 1. The highest BCUT2D eigenvalue weighted by Crippen LogP contribution is 2.31. The van der Waals surface area contributed by atoms with Gasteiger partial charge in [0.05, 0.1) is 25.9 Å². The molecule has 2 fully saturated rings. The molecule has 2 aliphatic rings. The second-order valence-corrected chi connectivity index (χ2v) is 11.3. The fourth-order valence-electron chi connectivity index (χ4n) is 5.47. The van der Waals surface area contributed by atoms with Crippen LogP contribution in [0.4, 0.5) is 5.69 Å². The van der Waals surface area contributed by atoms with E-state index in [4.69, 9.17) is 9.47 Å². The summed E-state index contributed by atoms with van der Waals surface area (Å²) in [7, 11) is 0. The topological polar surface area (TPSA) is 83.1 Å². The first-order valence-corrected chi connectivity index (χ1v) is 14.2. The molecule has 1 heterocycles. The number of nitrogens with zero attached hydrogens (tertiary/aromatic N) is 1. The van der Waals surface area contributed by atoms with Crippen LogP contribution in [0.25, 0.3) is 0 Å². The van der Waals surface area contributed by atoms with E-state index in [0.717, 1.165) is 68.9 Å². The van der Waals surface area contributed by atoms with Crippen molar-refractivity contribution in [2.75, 3.05) is 38.2 Å². The lowest BCUT2D eigenvalue weighted by molar-refractivity contribution is -0.121. The number of piperazine rings is 1. The molecule has 1 aliphatic heterocycles. The molecule has 1 saturated carbocycles. The minimum absolute atomic E-state index is 0.0583. The average molecular weight is 524 g/mol. The summed E-state index contributed by atoms with van der Waals surface area (Å²) in [5.41, 5.74) is 4.49. The van der Waals surface area contributed by atoms with E-state index in [9.17, 15) is 9.90 Å². The van der Waals surface area contributed by atoms with Crippen LogP contribution in [0.15, 0.2) is 42.5 Å². The largest absolute Gasteiger partial charge is 0.493 e. The maximum Gasteiger partial charge on any atom is 0.227 e. The number of hydrogen-bond donors (Lipinski definition) is 3. The number of aliphatic hydroxyl groups excluding tert-OH is 1. The molecule has 2 aromatic rings. The molecule has 3 N–H and O–H groups in total. The summed E-state index contributed by atoms with van der Waals surface area (Å²) in [5.74, 6) is 1.50. The highest BCUT2D eigenvalue weighted by molar-refractivity contribution is 5.92. The van der Waals surface area contributed by atoms with Crippen LogP contribution in [0.1, 0.15) is 56.2 Å². The van der Waals surface area contributed by atoms with Crippen LogP contribution in [-0.4, -0.2) is 60.9 Å². The summed E-state index contributed by atoms with van der Waals surface area (Å²) in [4.78, 5) is 15.5. The molecule has 2 atom stereocenters. The molecule has 0 aromatic heterocycles. The van der Waals surface area contributed by atoms with Crippen LogP contribution >= 0.6 is 0 Å². The van der Waals surface area contributed by atoms with Crippen LogP contribution < -0.4 is 15.4 Å². The molecule has 0 spiro atoms. The average Bonchev–Trinajstić information content (AvgIpc) is 2.89. The van der Waals surface area contributed by atoms with Crippen LogP contribution in [0.5, 0.6) is 5.75 Å². The van der Waals surface area contributed by atoms with E-state index in [2.05, 4.69) is 47.6 Å². The van der Waals surface area contributed by atoms with Crippen LogP contribution in [0.3, 0.4) is 0 Å². The van der Waals surface area contributed by atoms with Gasteiger partial charge < -0.3 is 25.2 Å². The number of nitrogens with one attached hydrogen (secondary N) is 2. The summed E-state index contributed by atoms with van der Waals surface area (Å²) in [5, 5.41) is 16.0. The monoisotopic (exact) mass is 523 g/mol. The Morgan fingerprint density at radius 3 is 2.74 bits per heavy atom. The van der Waals surface area contributed by atoms with Gasteiger partial charge in [-0.15, -0.1) is 0 Å². The number of amides is 1. The van der Waals surface area contributed by atoms with Gasteiger partial charge in [-0.25, -0.2) is 0 Å². The Balaban J connectivity index is 1.19. The van der Waals surface area contributed by atoms with Gasteiger partial charge in [-0.3, -0.25) is 9.69 Å². The van der Waals surface area contributed by atoms with Crippen molar-refractivity contribution in [3.63, 3.8) is 0 Å². The molecule has 1 saturated heterocycles. The van der Waals surface area contributed by atoms with Crippen molar-refractivity contribution in [1.29, 1.82) is 0 Å². The Hall–Kier alpha value is -2.45. The van der Waals surface area contributed by atoms with Gasteiger partial charge in [-0.05, 0) is 93.3 Å². The number of rotatable bonds is 11. The lowest BCUT2D eigenvalue weighted by Crippen LogP contribution is -2.48. The zero-order valence-corrected chi connectivity index (χ0v) is 23.2. The van der Waals surface area contributed by atoms with Gasteiger partial charge in [0.1, 0.15) is 5.75 Å². The fourth-order valence-corrected chi connectivity index (χ4v) is 5.47. The molecule has 2 aromatic carbocycles. The van der Waals surface area contributed by atoms with Gasteiger partial charge in [-0.1, -0.05) is 18.2 Å². The Morgan fingerprint density at radius 2 is 2.00 bits per heavy atom. The third-order valence-corrected chi connectivity index (χ3v) is 7.69. The van der Waals surface area contributed by atoms with Gasteiger partial charge >= 0.3 is 0 Å². The number of anilines is 1. The molecular formula is C31H45N3O4. The molecule has 7 heteroatoms. The van der Waals surface area contributed by atoms with Gasteiger partial charge in [0.15, 0.2) is 0 Å². The van der Waals surface area contributed by atoms with Crippen molar-refractivity contribution in [1.82, 2.24) is 10.2 Å². The van der Waals surface area contributed by atoms with Gasteiger partial charge in [-0.2, -0.15) is 0 Å². The lowest BCUT2D eigenvalue weighted by Gasteiger charge is -2.32. The predicted octanol–water partition coefficient (Wildman–Crippen LogP) is 4.51. The zero-order valence-electron chi connectivity index (χ0n) is 23.2. The molecule has 1 aliphatic carbocycles. The minimum Gasteiger partial charge on any atom is -0.493 e. The van der Waals surface area contributed by atoms with Gasteiger partial charge in [0.2, 0.25) is 5.91 Å². The summed E-state index contributed by atoms with van der Waals surface area (Å²) >= 11 is 0. The maximum atomic E-state index is 13.0. The van der Waals surface area contributed by atoms with Crippen molar-refractivity contribution >= 4 is 11.6 Å². The third kappa shape index (κ3) is 8.80. The van der Waals surface area contributed by atoms with Crippen LogP contribution in [-0.2, 0) is 22.7 Å². The summed E-state index contributed by atoms with van der Waals surface area (Å²) in [6, 6.07) is 14.8. The first-order valence-electron chi connectivity index (χ1n) is 14.2. The van der Waals surface area contributed by atoms with Crippen molar-refractivity contribution in [3.8, 4) is 5.75 Å². The smallest absolute Gasteiger partial charge is 0.227 e. The molecule has 1 amide bonds. The number of benzene rings is 2. The maximum absolute atomic E-state index is 13.0. The SMILES string of the molecule is Cc1cc(NC(=O)C2CCC(COc3cccc(COCC(C)O)c3)CC2)ccc1CN1CCNC(C)C1. The second kappa shape index (κ2) is 14.1. The van der Waals surface area contributed by atoms with Crippen molar-refractivity contribution in [2.24, 2.45) is 11.8 Å². The first kappa shape index (κ1) is 28.6. The lowest BCUT2D eigenvalue weighted by atomic mass is 9.82. The number of carbonyl (C=O) groups excluding carboxylic acids is 1. The molecule has 0 radical (unpaired) electrons. The number of hydrogen-bond acceptors (Lipinski definition) is 6. The van der Waals surface area contributed by atoms with E-state index in [0.29, 0.717) is 31.8 Å². The highest BCUT2D eigenvalue weighted by Gasteiger charge is 2.27. The van der Waals surface area contributed by atoms with E-state index in [1.54, 1.807) is 6.92 Å². The van der Waals surface area contributed by atoms with E-state index >= 15 is 0 Å². The number of ether oxygens (including phenoxy) is 2.